The Morgan fingerprint density at radius 2 is 2.32 bits per heavy atom. The second-order valence-corrected chi connectivity index (χ2v) is 5.43. The van der Waals surface area contributed by atoms with Crippen molar-refractivity contribution in [1.29, 1.82) is 0 Å². The predicted octanol–water partition coefficient (Wildman–Crippen LogP) is 2.32. The van der Waals surface area contributed by atoms with Crippen LogP contribution in [0.4, 0.5) is 0 Å². The molecule has 4 nitrogen and oxygen atoms in total. The van der Waals surface area contributed by atoms with E-state index in [2.05, 4.69) is 15.9 Å². The van der Waals surface area contributed by atoms with Crippen molar-refractivity contribution in [2.75, 3.05) is 26.2 Å². The van der Waals surface area contributed by atoms with Gasteiger partial charge in [0.05, 0.1) is 23.3 Å². The maximum Gasteiger partial charge on any atom is 0.255 e. The smallest absolute Gasteiger partial charge is 0.255 e. The highest BCUT2D eigenvalue weighted by atomic mass is 79.9. The Kier molecular flexibility index (Phi) is 6.56. The molecular formula is C12H15BrCl2N2O2. The SMILES string of the molecule is Cl.NCC1CN(C(=O)c2ccc(Br)cc2Cl)CCO1. The Bertz CT molecular complexity index is 459. The van der Waals surface area contributed by atoms with Gasteiger partial charge in [-0.05, 0) is 18.2 Å². The standard InChI is InChI=1S/C12H14BrClN2O2.ClH/c13-8-1-2-10(11(14)5-8)12(17)16-3-4-18-9(6-15)7-16;/h1-2,5,9H,3-4,6-7,15H2;1H. The molecule has 0 radical (unpaired) electrons. The van der Waals surface area contributed by atoms with Crippen molar-refractivity contribution < 1.29 is 9.53 Å². The minimum atomic E-state index is -0.0862. The summed E-state index contributed by atoms with van der Waals surface area (Å²) in [4.78, 5) is 14.1. The van der Waals surface area contributed by atoms with Crippen LogP contribution >= 0.6 is 39.9 Å². The number of rotatable bonds is 2. The quantitative estimate of drug-likeness (QED) is 0.870. The first kappa shape index (κ1) is 16.7. The molecule has 1 saturated heterocycles. The van der Waals surface area contributed by atoms with Crippen molar-refractivity contribution in [3.63, 3.8) is 0 Å². The molecule has 1 heterocycles. The summed E-state index contributed by atoms with van der Waals surface area (Å²) in [6, 6.07) is 5.25. The molecule has 7 heteroatoms. The molecule has 106 valence electrons. The van der Waals surface area contributed by atoms with Crippen LogP contribution in [0.25, 0.3) is 0 Å². The van der Waals surface area contributed by atoms with Gasteiger partial charge in [-0.3, -0.25) is 4.79 Å². The average Bonchev–Trinajstić information content (AvgIpc) is 2.38. The number of amides is 1. The van der Waals surface area contributed by atoms with Gasteiger partial charge in [-0.25, -0.2) is 0 Å². The zero-order valence-corrected chi connectivity index (χ0v) is 13.3. The summed E-state index contributed by atoms with van der Waals surface area (Å²) in [5.41, 5.74) is 6.07. The fourth-order valence-corrected chi connectivity index (χ4v) is 2.63. The summed E-state index contributed by atoms with van der Waals surface area (Å²) in [6.45, 7) is 2.02. The third-order valence-electron chi connectivity index (χ3n) is 2.85. The monoisotopic (exact) mass is 368 g/mol. The normalized spacial score (nSPS) is 18.9. The number of nitrogens with two attached hydrogens (primary N) is 1. The van der Waals surface area contributed by atoms with Gasteiger partial charge in [-0.1, -0.05) is 27.5 Å². The van der Waals surface area contributed by atoms with Crippen molar-refractivity contribution in [2.24, 2.45) is 5.73 Å². The molecule has 1 fully saturated rings. The van der Waals surface area contributed by atoms with Crippen molar-refractivity contribution in [3.05, 3.63) is 33.3 Å². The summed E-state index contributed by atoms with van der Waals surface area (Å²) < 4.78 is 6.29. The van der Waals surface area contributed by atoms with Crippen molar-refractivity contribution >= 4 is 45.8 Å². The van der Waals surface area contributed by atoms with Crippen molar-refractivity contribution in [1.82, 2.24) is 4.90 Å². The van der Waals surface area contributed by atoms with E-state index in [0.717, 1.165) is 4.47 Å². The van der Waals surface area contributed by atoms with E-state index in [0.29, 0.717) is 36.8 Å². The number of halogens is 3. The highest BCUT2D eigenvalue weighted by Gasteiger charge is 2.25. The minimum absolute atomic E-state index is 0. The van der Waals surface area contributed by atoms with E-state index in [9.17, 15) is 4.79 Å². The molecule has 2 rings (SSSR count). The predicted molar refractivity (Wildman–Crippen MR) is 81.1 cm³/mol. The molecular weight excluding hydrogens is 355 g/mol. The lowest BCUT2D eigenvalue weighted by Gasteiger charge is -2.32. The van der Waals surface area contributed by atoms with Gasteiger partial charge in [0.25, 0.3) is 5.91 Å². The Morgan fingerprint density at radius 1 is 1.58 bits per heavy atom. The number of ether oxygens (including phenoxy) is 1. The highest BCUT2D eigenvalue weighted by molar-refractivity contribution is 9.10. The van der Waals surface area contributed by atoms with Gasteiger partial charge < -0.3 is 15.4 Å². The van der Waals surface area contributed by atoms with Crippen LogP contribution in [0.3, 0.4) is 0 Å². The maximum absolute atomic E-state index is 12.3. The van der Waals surface area contributed by atoms with Crippen LogP contribution in [0.5, 0.6) is 0 Å². The number of hydrogen-bond donors (Lipinski definition) is 1. The summed E-state index contributed by atoms with van der Waals surface area (Å²) in [5.74, 6) is -0.0748. The second kappa shape index (κ2) is 7.45. The maximum atomic E-state index is 12.3. The molecule has 0 bridgehead atoms. The number of hydrogen-bond acceptors (Lipinski definition) is 3. The van der Waals surface area contributed by atoms with Crippen molar-refractivity contribution in [2.45, 2.75) is 6.10 Å². The molecule has 1 aliphatic rings. The molecule has 19 heavy (non-hydrogen) atoms. The Labute approximate surface area is 131 Å². The lowest BCUT2D eigenvalue weighted by Crippen LogP contribution is -2.48. The number of benzene rings is 1. The van der Waals surface area contributed by atoms with Gasteiger partial charge in [0.2, 0.25) is 0 Å². The van der Waals surface area contributed by atoms with Gasteiger partial charge in [0, 0.05) is 24.1 Å². The first-order chi connectivity index (χ1) is 8.61. The fraction of sp³-hybridized carbons (Fsp3) is 0.417. The Morgan fingerprint density at radius 3 is 2.95 bits per heavy atom. The van der Waals surface area contributed by atoms with E-state index in [1.807, 2.05) is 0 Å². The van der Waals surface area contributed by atoms with Gasteiger partial charge in [0.1, 0.15) is 0 Å². The van der Waals surface area contributed by atoms with Crippen LogP contribution in [-0.2, 0) is 4.74 Å². The van der Waals surface area contributed by atoms with Gasteiger partial charge >= 0.3 is 0 Å². The lowest BCUT2D eigenvalue weighted by atomic mass is 10.1. The average molecular weight is 370 g/mol. The molecule has 0 aromatic heterocycles. The molecule has 1 aromatic rings. The Balaban J connectivity index is 0.00000180. The van der Waals surface area contributed by atoms with Crippen LogP contribution in [0.15, 0.2) is 22.7 Å². The van der Waals surface area contributed by atoms with E-state index in [1.54, 1.807) is 23.1 Å². The lowest BCUT2D eigenvalue weighted by molar-refractivity contribution is -0.0167. The molecule has 1 unspecified atom stereocenters. The number of nitrogens with zero attached hydrogens (tertiary/aromatic N) is 1. The summed E-state index contributed by atoms with van der Waals surface area (Å²) >= 11 is 9.40. The first-order valence-electron chi connectivity index (χ1n) is 5.68. The number of carbonyl (C=O) groups is 1. The van der Waals surface area contributed by atoms with E-state index >= 15 is 0 Å². The zero-order chi connectivity index (χ0) is 13.1. The number of carbonyl (C=O) groups excluding carboxylic acids is 1. The van der Waals surface area contributed by atoms with E-state index < -0.39 is 0 Å². The molecule has 2 N–H and O–H groups in total. The van der Waals surface area contributed by atoms with Crippen LogP contribution in [0, 0.1) is 0 Å². The molecule has 0 spiro atoms. The third-order valence-corrected chi connectivity index (χ3v) is 3.66. The second-order valence-electron chi connectivity index (χ2n) is 4.10. The molecule has 1 atom stereocenters. The van der Waals surface area contributed by atoms with Gasteiger partial charge in [-0.2, -0.15) is 0 Å². The number of morpholine rings is 1. The minimum Gasteiger partial charge on any atom is -0.373 e. The van der Waals surface area contributed by atoms with Crippen LogP contribution in [0.2, 0.25) is 5.02 Å². The fourth-order valence-electron chi connectivity index (χ4n) is 1.88. The molecule has 0 saturated carbocycles. The highest BCUT2D eigenvalue weighted by Crippen LogP contribution is 2.23. The van der Waals surface area contributed by atoms with Crippen LogP contribution in [0.1, 0.15) is 10.4 Å². The van der Waals surface area contributed by atoms with E-state index in [4.69, 9.17) is 22.1 Å². The van der Waals surface area contributed by atoms with E-state index in [1.165, 1.54) is 0 Å². The summed E-state index contributed by atoms with van der Waals surface area (Å²) in [5, 5.41) is 0.449. The van der Waals surface area contributed by atoms with Gasteiger partial charge in [0.15, 0.2) is 0 Å². The van der Waals surface area contributed by atoms with Crippen LogP contribution < -0.4 is 5.73 Å². The first-order valence-corrected chi connectivity index (χ1v) is 6.85. The Hall–Kier alpha value is -0.330. The van der Waals surface area contributed by atoms with Crippen LogP contribution in [-0.4, -0.2) is 43.2 Å². The van der Waals surface area contributed by atoms with E-state index in [-0.39, 0.29) is 24.4 Å². The topological polar surface area (TPSA) is 55.6 Å². The molecule has 1 amide bonds. The largest absolute Gasteiger partial charge is 0.373 e. The third kappa shape index (κ3) is 4.07. The molecule has 1 aromatic carbocycles. The molecule has 0 aliphatic carbocycles. The van der Waals surface area contributed by atoms with Gasteiger partial charge in [-0.15, -0.1) is 12.4 Å². The zero-order valence-electron chi connectivity index (χ0n) is 10.1. The molecule has 1 aliphatic heterocycles. The summed E-state index contributed by atoms with van der Waals surface area (Å²) in [6.07, 6.45) is -0.0862. The summed E-state index contributed by atoms with van der Waals surface area (Å²) in [7, 11) is 0. The van der Waals surface area contributed by atoms with Crippen molar-refractivity contribution in [3.8, 4) is 0 Å².